The van der Waals surface area contributed by atoms with E-state index in [1.54, 1.807) is 4.90 Å². The lowest BCUT2D eigenvalue weighted by molar-refractivity contribution is -0.136. The molecule has 2 saturated heterocycles. The number of nitrogens with zero attached hydrogens (tertiary/aromatic N) is 1. The number of piperidine rings is 2. The molecular formula is C20H26N4O3. The van der Waals surface area contributed by atoms with Gasteiger partial charge in [-0.2, -0.15) is 0 Å². The molecule has 0 bridgehead atoms. The number of amides is 3. The van der Waals surface area contributed by atoms with Crippen molar-refractivity contribution in [3.05, 3.63) is 34.9 Å². The summed E-state index contributed by atoms with van der Waals surface area (Å²) in [7, 11) is 0. The molecule has 3 heterocycles. The Morgan fingerprint density at radius 1 is 1.22 bits per heavy atom. The quantitative estimate of drug-likeness (QED) is 0.673. The van der Waals surface area contributed by atoms with E-state index in [0.717, 1.165) is 30.6 Å². The number of hydrogen-bond acceptors (Lipinski definition) is 5. The third-order valence-corrected chi connectivity index (χ3v) is 6.02. The highest BCUT2D eigenvalue weighted by Crippen LogP contribution is 2.30. The fourth-order valence-corrected chi connectivity index (χ4v) is 4.34. The van der Waals surface area contributed by atoms with E-state index in [1.807, 2.05) is 18.2 Å². The molecule has 1 aromatic carbocycles. The average Bonchev–Trinajstić information content (AvgIpc) is 2.98. The third-order valence-electron chi connectivity index (χ3n) is 6.02. The first kappa shape index (κ1) is 18.1. The van der Waals surface area contributed by atoms with Gasteiger partial charge in [-0.05, 0) is 36.4 Å². The molecule has 4 rings (SSSR count). The fourth-order valence-electron chi connectivity index (χ4n) is 4.34. The summed E-state index contributed by atoms with van der Waals surface area (Å²) in [6.45, 7) is 5.31. The maximum absolute atomic E-state index is 13.1. The Labute approximate surface area is 158 Å². The van der Waals surface area contributed by atoms with Crippen LogP contribution in [0.2, 0.25) is 0 Å². The third kappa shape index (κ3) is 3.49. The molecule has 7 heteroatoms. The van der Waals surface area contributed by atoms with Crippen LogP contribution in [-0.4, -0.2) is 47.8 Å². The molecule has 3 aliphatic rings. The number of carbonyl (C=O) groups excluding carboxylic acids is 3. The van der Waals surface area contributed by atoms with Crippen molar-refractivity contribution in [1.29, 1.82) is 0 Å². The number of imide groups is 1. The predicted octanol–water partition coefficient (Wildman–Crippen LogP) is 0.535. The lowest BCUT2D eigenvalue weighted by Gasteiger charge is -2.31. The van der Waals surface area contributed by atoms with Crippen molar-refractivity contribution in [3.8, 4) is 0 Å². The lowest BCUT2D eigenvalue weighted by atomic mass is 9.94. The Hall–Kier alpha value is -2.25. The van der Waals surface area contributed by atoms with Crippen molar-refractivity contribution in [3.63, 3.8) is 0 Å². The molecule has 0 saturated carbocycles. The molecule has 1 aromatic rings. The molecule has 3 atom stereocenters. The highest BCUT2D eigenvalue weighted by atomic mass is 16.2. The van der Waals surface area contributed by atoms with Gasteiger partial charge in [0.25, 0.3) is 5.91 Å². The molecule has 3 unspecified atom stereocenters. The van der Waals surface area contributed by atoms with Crippen LogP contribution in [0.3, 0.4) is 0 Å². The first-order valence-electron chi connectivity index (χ1n) is 9.74. The lowest BCUT2D eigenvalue weighted by Crippen LogP contribution is -2.52. The SMILES string of the molecule is CC1CCNCC1NCc1cccc2c1C(=O)N(C1CCC(=O)NC1=O)C2. The van der Waals surface area contributed by atoms with Crippen molar-refractivity contribution in [1.82, 2.24) is 20.9 Å². The minimum absolute atomic E-state index is 0.105. The van der Waals surface area contributed by atoms with Gasteiger partial charge in [-0.1, -0.05) is 25.1 Å². The molecule has 0 radical (unpaired) electrons. The van der Waals surface area contributed by atoms with Crippen LogP contribution in [0.15, 0.2) is 18.2 Å². The molecule has 144 valence electrons. The van der Waals surface area contributed by atoms with Gasteiger partial charge in [0, 0.05) is 37.7 Å². The van der Waals surface area contributed by atoms with Crippen LogP contribution in [0.5, 0.6) is 0 Å². The minimum Gasteiger partial charge on any atom is -0.322 e. The van der Waals surface area contributed by atoms with E-state index in [1.165, 1.54) is 0 Å². The highest BCUT2D eigenvalue weighted by Gasteiger charge is 2.40. The molecule has 3 amide bonds. The Balaban J connectivity index is 1.49. The molecular weight excluding hydrogens is 344 g/mol. The average molecular weight is 370 g/mol. The van der Waals surface area contributed by atoms with Crippen LogP contribution >= 0.6 is 0 Å². The second kappa shape index (κ2) is 7.40. The first-order chi connectivity index (χ1) is 13.0. The fraction of sp³-hybridized carbons (Fsp3) is 0.550. The van der Waals surface area contributed by atoms with E-state index < -0.39 is 6.04 Å². The Morgan fingerprint density at radius 3 is 2.85 bits per heavy atom. The van der Waals surface area contributed by atoms with Gasteiger partial charge < -0.3 is 15.5 Å². The van der Waals surface area contributed by atoms with Crippen LogP contribution in [0.4, 0.5) is 0 Å². The van der Waals surface area contributed by atoms with Crippen LogP contribution in [0, 0.1) is 5.92 Å². The molecule has 0 spiro atoms. The second-order valence-corrected chi connectivity index (χ2v) is 7.81. The van der Waals surface area contributed by atoms with Gasteiger partial charge in [-0.3, -0.25) is 19.7 Å². The van der Waals surface area contributed by atoms with Crippen LogP contribution in [-0.2, 0) is 22.7 Å². The van der Waals surface area contributed by atoms with Gasteiger partial charge in [0.15, 0.2) is 0 Å². The molecule has 2 fully saturated rings. The number of hydrogen-bond donors (Lipinski definition) is 3. The summed E-state index contributed by atoms with van der Waals surface area (Å²) in [5.74, 6) is -0.139. The van der Waals surface area contributed by atoms with Crippen molar-refractivity contribution in [2.24, 2.45) is 5.92 Å². The number of fused-ring (bicyclic) bond motifs is 1. The number of rotatable bonds is 4. The van der Waals surface area contributed by atoms with Crippen molar-refractivity contribution in [2.45, 2.75) is 51.4 Å². The topological polar surface area (TPSA) is 90.5 Å². The maximum atomic E-state index is 13.1. The van der Waals surface area contributed by atoms with Crippen LogP contribution in [0.1, 0.15) is 47.7 Å². The van der Waals surface area contributed by atoms with E-state index >= 15 is 0 Å². The number of carbonyl (C=O) groups is 3. The normalized spacial score (nSPS) is 28.3. The van der Waals surface area contributed by atoms with Gasteiger partial charge in [-0.15, -0.1) is 0 Å². The minimum atomic E-state index is -0.564. The summed E-state index contributed by atoms with van der Waals surface area (Å²) in [6.07, 6.45) is 1.81. The van der Waals surface area contributed by atoms with Crippen molar-refractivity contribution in [2.75, 3.05) is 13.1 Å². The highest BCUT2D eigenvalue weighted by molar-refractivity contribution is 6.05. The van der Waals surface area contributed by atoms with Gasteiger partial charge >= 0.3 is 0 Å². The molecule has 3 aliphatic heterocycles. The summed E-state index contributed by atoms with van der Waals surface area (Å²) in [6, 6.07) is 5.73. The van der Waals surface area contributed by atoms with Gasteiger partial charge in [0.2, 0.25) is 11.8 Å². The van der Waals surface area contributed by atoms with Gasteiger partial charge in [-0.25, -0.2) is 0 Å². The Bertz CT molecular complexity index is 778. The van der Waals surface area contributed by atoms with E-state index in [2.05, 4.69) is 22.9 Å². The summed E-state index contributed by atoms with van der Waals surface area (Å²) in [5, 5.41) is 9.35. The summed E-state index contributed by atoms with van der Waals surface area (Å²) in [5.41, 5.74) is 2.65. The second-order valence-electron chi connectivity index (χ2n) is 7.81. The van der Waals surface area contributed by atoms with E-state index in [-0.39, 0.29) is 24.1 Å². The molecule has 3 N–H and O–H groups in total. The molecule has 27 heavy (non-hydrogen) atoms. The zero-order valence-electron chi connectivity index (χ0n) is 15.6. The zero-order valence-corrected chi connectivity index (χ0v) is 15.6. The summed E-state index contributed by atoms with van der Waals surface area (Å²) in [4.78, 5) is 38.3. The monoisotopic (exact) mass is 370 g/mol. The van der Waals surface area contributed by atoms with Gasteiger partial charge in [0.1, 0.15) is 6.04 Å². The van der Waals surface area contributed by atoms with Crippen molar-refractivity contribution >= 4 is 17.7 Å². The smallest absolute Gasteiger partial charge is 0.255 e. The molecule has 0 aliphatic carbocycles. The van der Waals surface area contributed by atoms with Crippen LogP contribution in [0.25, 0.3) is 0 Å². The van der Waals surface area contributed by atoms with E-state index in [0.29, 0.717) is 37.0 Å². The first-order valence-corrected chi connectivity index (χ1v) is 9.74. The zero-order chi connectivity index (χ0) is 19.0. The van der Waals surface area contributed by atoms with E-state index in [9.17, 15) is 14.4 Å². The molecule has 0 aromatic heterocycles. The summed E-state index contributed by atoms with van der Waals surface area (Å²) >= 11 is 0. The standard InChI is InChI=1S/C20H26N4O3/c1-12-7-8-21-10-15(12)22-9-13-3-2-4-14-11-24(20(27)18(13)14)16-5-6-17(25)23-19(16)26/h2-4,12,15-16,21-22H,5-11H2,1H3,(H,23,25,26). The van der Waals surface area contributed by atoms with Gasteiger partial charge in [0.05, 0.1) is 0 Å². The van der Waals surface area contributed by atoms with Crippen LogP contribution < -0.4 is 16.0 Å². The van der Waals surface area contributed by atoms with Crippen molar-refractivity contribution < 1.29 is 14.4 Å². The van der Waals surface area contributed by atoms with E-state index in [4.69, 9.17) is 0 Å². The maximum Gasteiger partial charge on any atom is 0.255 e. The summed E-state index contributed by atoms with van der Waals surface area (Å²) < 4.78 is 0. The number of nitrogens with one attached hydrogen (secondary N) is 3. The molecule has 7 nitrogen and oxygen atoms in total. The number of benzene rings is 1. The predicted molar refractivity (Wildman–Crippen MR) is 99.8 cm³/mol. The Kier molecular flexibility index (Phi) is 4.97. The largest absolute Gasteiger partial charge is 0.322 e. The Morgan fingerprint density at radius 2 is 2.07 bits per heavy atom.